The van der Waals surface area contributed by atoms with Gasteiger partial charge in [0.05, 0.1) is 12.7 Å². The molecule has 0 atom stereocenters. The van der Waals surface area contributed by atoms with Crippen molar-refractivity contribution in [2.75, 3.05) is 19.7 Å². The Bertz CT molecular complexity index is 1000. The molecule has 2 aromatic heterocycles. The predicted molar refractivity (Wildman–Crippen MR) is 112 cm³/mol. The Kier molecular flexibility index (Phi) is 6.47. The minimum atomic E-state index is -0.151. The standard InChI is InChI=1S/C23H25N3O5/c27-14-17-7-9-26(10-8-17)23(29)20-15-31-22(25-20)18-5-3-16(4-6-18)13-24-21(28)12-19-2-1-11-30-19/h1-6,11,15,17,27H,7-10,12-14H2,(H,24,28). The number of aromatic nitrogens is 1. The number of likely N-dealkylation sites (tertiary alicyclic amines) is 1. The molecule has 1 aromatic carbocycles. The van der Waals surface area contributed by atoms with E-state index in [1.165, 1.54) is 6.26 Å². The molecule has 1 fully saturated rings. The molecule has 4 rings (SSSR count). The molecule has 3 aromatic rings. The zero-order valence-corrected chi connectivity index (χ0v) is 17.1. The molecule has 2 amide bonds. The number of carbonyl (C=O) groups excluding carboxylic acids is 2. The Hall–Kier alpha value is -3.39. The van der Waals surface area contributed by atoms with E-state index >= 15 is 0 Å². The lowest BCUT2D eigenvalue weighted by Crippen LogP contribution is -2.39. The maximum Gasteiger partial charge on any atom is 0.275 e. The van der Waals surface area contributed by atoms with Gasteiger partial charge in [-0.1, -0.05) is 12.1 Å². The summed E-state index contributed by atoms with van der Waals surface area (Å²) >= 11 is 0. The number of carbonyl (C=O) groups is 2. The molecule has 0 radical (unpaired) electrons. The van der Waals surface area contributed by atoms with Gasteiger partial charge in [-0.15, -0.1) is 0 Å². The van der Waals surface area contributed by atoms with Crippen LogP contribution in [0.1, 0.15) is 34.7 Å². The Labute approximate surface area is 179 Å². The Morgan fingerprint density at radius 2 is 1.90 bits per heavy atom. The molecule has 2 N–H and O–H groups in total. The van der Waals surface area contributed by atoms with Crippen molar-refractivity contribution >= 4 is 11.8 Å². The third-order valence-electron chi connectivity index (χ3n) is 5.49. The van der Waals surface area contributed by atoms with E-state index in [-0.39, 0.29) is 36.5 Å². The number of nitrogens with zero attached hydrogens (tertiary/aromatic N) is 2. The van der Waals surface area contributed by atoms with Crippen molar-refractivity contribution in [3.63, 3.8) is 0 Å². The molecule has 162 valence electrons. The normalized spacial score (nSPS) is 14.5. The number of benzene rings is 1. The summed E-state index contributed by atoms with van der Waals surface area (Å²) in [6.07, 6.45) is 4.73. The highest BCUT2D eigenvalue weighted by Gasteiger charge is 2.25. The van der Waals surface area contributed by atoms with Crippen LogP contribution in [0.25, 0.3) is 11.5 Å². The van der Waals surface area contributed by atoms with Gasteiger partial charge in [-0.2, -0.15) is 0 Å². The minimum absolute atomic E-state index is 0.113. The number of aliphatic hydroxyl groups excluding tert-OH is 1. The molecule has 1 aliphatic heterocycles. The maximum atomic E-state index is 12.7. The lowest BCUT2D eigenvalue weighted by Gasteiger charge is -2.30. The molecule has 3 heterocycles. The van der Waals surface area contributed by atoms with Gasteiger partial charge in [0, 0.05) is 31.8 Å². The van der Waals surface area contributed by atoms with Crippen molar-refractivity contribution in [2.45, 2.75) is 25.8 Å². The second-order valence-electron chi connectivity index (χ2n) is 7.69. The lowest BCUT2D eigenvalue weighted by atomic mass is 9.98. The van der Waals surface area contributed by atoms with Crippen molar-refractivity contribution in [3.8, 4) is 11.5 Å². The van der Waals surface area contributed by atoms with Gasteiger partial charge < -0.3 is 24.2 Å². The molecular weight excluding hydrogens is 398 g/mol. The van der Waals surface area contributed by atoms with E-state index in [0.717, 1.165) is 24.0 Å². The SMILES string of the molecule is O=C(Cc1ccco1)NCc1ccc(-c2nc(C(=O)N3CCC(CO)CC3)co2)cc1. The number of hydrogen-bond donors (Lipinski definition) is 2. The van der Waals surface area contributed by atoms with E-state index in [2.05, 4.69) is 10.3 Å². The fraction of sp³-hybridized carbons (Fsp3) is 0.348. The predicted octanol–water partition coefficient (Wildman–Crippen LogP) is 2.64. The van der Waals surface area contributed by atoms with Crippen LogP contribution in [0.4, 0.5) is 0 Å². The third kappa shape index (κ3) is 5.21. The number of piperidine rings is 1. The van der Waals surface area contributed by atoms with Crippen molar-refractivity contribution in [2.24, 2.45) is 5.92 Å². The number of nitrogens with one attached hydrogen (secondary N) is 1. The summed E-state index contributed by atoms with van der Waals surface area (Å²) < 4.78 is 10.7. The highest BCUT2D eigenvalue weighted by Crippen LogP contribution is 2.22. The van der Waals surface area contributed by atoms with Crippen LogP contribution >= 0.6 is 0 Å². The van der Waals surface area contributed by atoms with Gasteiger partial charge in [-0.25, -0.2) is 4.98 Å². The van der Waals surface area contributed by atoms with Gasteiger partial charge >= 0.3 is 0 Å². The van der Waals surface area contributed by atoms with Crippen LogP contribution in [0.15, 0.2) is 57.8 Å². The van der Waals surface area contributed by atoms with Gasteiger partial charge in [0.15, 0.2) is 5.69 Å². The van der Waals surface area contributed by atoms with Crippen LogP contribution < -0.4 is 5.32 Å². The minimum Gasteiger partial charge on any atom is -0.469 e. The summed E-state index contributed by atoms with van der Waals surface area (Å²) in [5, 5.41) is 12.1. The first-order valence-electron chi connectivity index (χ1n) is 10.4. The summed E-state index contributed by atoms with van der Waals surface area (Å²) in [6, 6.07) is 11.0. The zero-order chi connectivity index (χ0) is 21.6. The molecule has 0 spiro atoms. The number of rotatable bonds is 7. The summed E-state index contributed by atoms with van der Waals surface area (Å²) in [5.74, 6) is 1.01. The first-order chi connectivity index (χ1) is 15.1. The zero-order valence-electron chi connectivity index (χ0n) is 17.1. The number of oxazole rings is 1. The fourth-order valence-electron chi connectivity index (χ4n) is 3.58. The largest absolute Gasteiger partial charge is 0.469 e. The highest BCUT2D eigenvalue weighted by molar-refractivity contribution is 5.92. The highest BCUT2D eigenvalue weighted by atomic mass is 16.3. The number of furan rings is 1. The summed E-state index contributed by atoms with van der Waals surface area (Å²) in [7, 11) is 0. The Morgan fingerprint density at radius 3 is 2.58 bits per heavy atom. The van der Waals surface area contributed by atoms with Crippen molar-refractivity contribution in [1.82, 2.24) is 15.2 Å². The molecular formula is C23H25N3O5. The van der Waals surface area contributed by atoms with Gasteiger partial charge in [0.2, 0.25) is 11.8 Å². The van der Waals surface area contributed by atoms with Gasteiger partial charge in [0.25, 0.3) is 5.91 Å². The number of amides is 2. The first kappa shape index (κ1) is 20.9. The van der Waals surface area contributed by atoms with Gasteiger partial charge in [-0.05, 0) is 48.6 Å². The van der Waals surface area contributed by atoms with Crippen LogP contribution in [-0.2, 0) is 17.8 Å². The molecule has 31 heavy (non-hydrogen) atoms. The van der Waals surface area contributed by atoms with Gasteiger partial charge in [0.1, 0.15) is 12.0 Å². The fourth-order valence-corrected chi connectivity index (χ4v) is 3.58. The summed E-state index contributed by atoms with van der Waals surface area (Å²) in [4.78, 5) is 30.7. The second kappa shape index (κ2) is 9.61. The van der Waals surface area contributed by atoms with E-state index < -0.39 is 0 Å². The quantitative estimate of drug-likeness (QED) is 0.605. The summed E-state index contributed by atoms with van der Waals surface area (Å²) in [6.45, 7) is 1.80. The molecule has 8 nitrogen and oxygen atoms in total. The first-order valence-corrected chi connectivity index (χ1v) is 10.4. The van der Waals surface area contributed by atoms with Crippen molar-refractivity contribution < 1.29 is 23.5 Å². The molecule has 1 aliphatic rings. The third-order valence-corrected chi connectivity index (χ3v) is 5.49. The van der Waals surface area contributed by atoms with Crippen LogP contribution in [-0.4, -0.2) is 46.5 Å². The monoisotopic (exact) mass is 423 g/mol. The molecule has 0 saturated carbocycles. The summed E-state index contributed by atoms with van der Waals surface area (Å²) in [5.41, 5.74) is 1.97. The van der Waals surface area contributed by atoms with Crippen molar-refractivity contribution in [3.05, 3.63) is 65.9 Å². The average molecular weight is 423 g/mol. The molecule has 0 unspecified atom stereocenters. The van der Waals surface area contributed by atoms with E-state index in [1.54, 1.807) is 23.3 Å². The smallest absolute Gasteiger partial charge is 0.275 e. The average Bonchev–Trinajstić information content (AvgIpc) is 3.50. The maximum absolute atomic E-state index is 12.7. The van der Waals surface area contributed by atoms with Crippen molar-refractivity contribution in [1.29, 1.82) is 0 Å². The second-order valence-corrected chi connectivity index (χ2v) is 7.69. The topological polar surface area (TPSA) is 109 Å². The molecule has 8 heteroatoms. The van der Waals surface area contributed by atoms with E-state index in [1.807, 2.05) is 24.3 Å². The lowest BCUT2D eigenvalue weighted by molar-refractivity contribution is -0.120. The van der Waals surface area contributed by atoms with Crippen LogP contribution in [0.2, 0.25) is 0 Å². The van der Waals surface area contributed by atoms with Crippen LogP contribution in [0, 0.1) is 5.92 Å². The Morgan fingerprint density at radius 1 is 1.13 bits per heavy atom. The van der Waals surface area contributed by atoms with Crippen LogP contribution in [0.3, 0.4) is 0 Å². The molecule has 0 bridgehead atoms. The number of aliphatic hydroxyl groups is 1. The molecule has 0 aliphatic carbocycles. The Balaban J connectivity index is 1.31. The van der Waals surface area contributed by atoms with E-state index in [0.29, 0.717) is 31.3 Å². The van der Waals surface area contributed by atoms with Gasteiger partial charge in [-0.3, -0.25) is 9.59 Å². The van der Waals surface area contributed by atoms with E-state index in [4.69, 9.17) is 8.83 Å². The van der Waals surface area contributed by atoms with Crippen LogP contribution in [0.5, 0.6) is 0 Å². The number of hydrogen-bond acceptors (Lipinski definition) is 6. The molecule has 1 saturated heterocycles. The van der Waals surface area contributed by atoms with E-state index in [9.17, 15) is 14.7 Å².